The summed E-state index contributed by atoms with van der Waals surface area (Å²) in [6.07, 6.45) is -4.30. The van der Waals surface area contributed by atoms with Gasteiger partial charge < -0.3 is 5.73 Å². The summed E-state index contributed by atoms with van der Waals surface area (Å²) in [4.78, 5) is 10.2. The largest absolute Gasteiger partial charge is 0.401 e. The van der Waals surface area contributed by atoms with E-state index in [1.54, 1.807) is 0 Å². The molecule has 0 rings (SSSR count). The highest BCUT2D eigenvalue weighted by molar-refractivity contribution is 5.79. The number of hydrogen-bond acceptors (Lipinski definition) is 2. The normalized spacial score (nSPS) is 14.5. The van der Waals surface area contributed by atoms with Gasteiger partial charge in [0.1, 0.15) is 0 Å². The Kier molecular flexibility index (Phi) is 3.31. The van der Waals surface area contributed by atoms with Gasteiger partial charge in [0.2, 0.25) is 5.91 Å². The topological polar surface area (TPSA) is 55.1 Å². The van der Waals surface area contributed by atoms with E-state index in [9.17, 15) is 18.0 Å². The van der Waals surface area contributed by atoms with Crippen LogP contribution in [-0.4, -0.2) is 24.7 Å². The van der Waals surface area contributed by atoms with Gasteiger partial charge in [-0.15, -0.1) is 0 Å². The molecule has 0 aliphatic rings. The molecule has 0 bridgehead atoms. The Balaban J connectivity index is 3.63. The number of rotatable bonds is 3. The zero-order valence-electron chi connectivity index (χ0n) is 5.90. The fourth-order valence-electron chi connectivity index (χ4n) is 0.369. The SMILES string of the molecule is C[C@@H](NCC(F)(F)F)C(N)=O. The standard InChI is InChI=1S/C5H9F3N2O/c1-3(4(9)11)10-2-5(6,7)8/h3,10H,2H2,1H3,(H2,9,11)/t3-/m1/s1. The average Bonchev–Trinajstić information content (AvgIpc) is 1.80. The summed E-state index contributed by atoms with van der Waals surface area (Å²) in [5.41, 5.74) is 4.70. The van der Waals surface area contributed by atoms with Crippen LogP contribution in [0.5, 0.6) is 0 Å². The van der Waals surface area contributed by atoms with E-state index in [1.807, 2.05) is 5.32 Å². The third kappa shape index (κ3) is 5.65. The minimum absolute atomic E-state index is 0.797. The molecule has 0 radical (unpaired) electrons. The van der Waals surface area contributed by atoms with E-state index in [1.165, 1.54) is 6.92 Å². The molecular formula is C5H9F3N2O. The Morgan fingerprint density at radius 2 is 2.09 bits per heavy atom. The van der Waals surface area contributed by atoms with E-state index in [-0.39, 0.29) is 0 Å². The van der Waals surface area contributed by atoms with Crippen molar-refractivity contribution in [1.29, 1.82) is 0 Å². The van der Waals surface area contributed by atoms with Crippen molar-refractivity contribution < 1.29 is 18.0 Å². The van der Waals surface area contributed by atoms with Crippen molar-refractivity contribution in [1.82, 2.24) is 5.32 Å². The third-order valence-electron chi connectivity index (χ3n) is 1.04. The number of primary amides is 1. The highest BCUT2D eigenvalue weighted by Gasteiger charge is 2.27. The lowest BCUT2D eigenvalue weighted by Crippen LogP contribution is -2.43. The molecule has 0 aromatic rings. The summed E-state index contributed by atoms with van der Waals surface area (Å²) in [7, 11) is 0. The Hall–Kier alpha value is -0.780. The van der Waals surface area contributed by atoms with E-state index in [0.717, 1.165) is 0 Å². The fraction of sp³-hybridized carbons (Fsp3) is 0.800. The van der Waals surface area contributed by atoms with Gasteiger partial charge >= 0.3 is 6.18 Å². The van der Waals surface area contributed by atoms with Gasteiger partial charge in [-0.1, -0.05) is 0 Å². The first-order valence-corrected chi connectivity index (χ1v) is 2.92. The van der Waals surface area contributed by atoms with Crippen molar-refractivity contribution >= 4 is 5.91 Å². The number of nitrogens with two attached hydrogens (primary N) is 1. The average molecular weight is 170 g/mol. The van der Waals surface area contributed by atoms with Crippen LogP contribution in [0.15, 0.2) is 0 Å². The van der Waals surface area contributed by atoms with Crippen molar-refractivity contribution in [3.05, 3.63) is 0 Å². The Labute approximate surface area is 61.7 Å². The maximum atomic E-state index is 11.5. The van der Waals surface area contributed by atoms with Gasteiger partial charge in [-0.2, -0.15) is 13.2 Å². The van der Waals surface area contributed by atoms with Gasteiger partial charge in [0, 0.05) is 0 Å². The van der Waals surface area contributed by atoms with Gasteiger partial charge in [-0.25, -0.2) is 0 Å². The first kappa shape index (κ1) is 10.2. The summed E-state index contributed by atoms with van der Waals surface area (Å²) >= 11 is 0. The monoisotopic (exact) mass is 170 g/mol. The van der Waals surface area contributed by atoms with Crippen LogP contribution in [0.4, 0.5) is 13.2 Å². The highest BCUT2D eigenvalue weighted by atomic mass is 19.4. The predicted octanol–water partition coefficient (Wildman–Crippen LogP) is 0.0121. The highest BCUT2D eigenvalue weighted by Crippen LogP contribution is 2.12. The van der Waals surface area contributed by atoms with Crippen LogP contribution >= 0.6 is 0 Å². The number of nitrogens with one attached hydrogen (secondary N) is 1. The maximum Gasteiger partial charge on any atom is 0.401 e. The fourth-order valence-corrected chi connectivity index (χ4v) is 0.369. The Morgan fingerprint density at radius 3 is 2.36 bits per heavy atom. The van der Waals surface area contributed by atoms with E-state index in [4.69, 9.17) is 5.73 Å². The third-order valence-corrected chi connectivity index (χ3v) is 1.04. The predicted molar refractivity (Wildman–Crippen MR) is 32.7 cm³/mol. The number of alkyl halides is 3. The molecule has 3 nitrogen and oxygen atoms in total. The van der Waals surface area contributed by atoms with E-state index in [0.29, 0.717) is 0 Å². The van der Waals surface area contributed by atoms with Gasteiger partial charge in [-0.05, 0) is 6.92 Å². The minimum Gasteiger partial charge on any atom is -0.368 e. The lowest BCUT2D eigenvalue weighted by atomic mass is 10.3. The van der Waals surface area contributed by atoms with Crippen molar-refractivity contribution in [2.45, 2.75) is 19.1 Å². The second-order valence-corrected chi connectivity index (χ2v) is 2.12. The van der Waals surface area contributed by atoms with Crippen molar-refractivity contribution in [3.8, 4) is 0 Å². The van der Waals surface area contributed by atoms with Crippen LogP contribution in [0.3, 0.4) is 0 Å². The molecule has 0 aliphatic carbocycles. The molecule has 66 valence electrons. The molecule has 1 atom stereocenters. The number of carbonyl (C=O) groups excluding carboxylic acids is 1. The van der Waals surface area contributed by atoms with Crippen LogP contribution in [0.1, 0.15) is 6.92 Å². The molecule has 0 spiro atoms. The van der Waals surface area contributed by atoms with E-state index < -0.39 is 24.7 Å². The van der Waals surface area contributed by atoms with Crippen LogP contribution in [0.25, 0.3) is 0 Å². The zero-order valence-corrected chi connectivity index (χ0v) is 5.90. The first-order valence-electron chi connectivity index (χ1n) is 2.92. The molecule has 0 aliphatic heterocycles. The second kappa shape index (κ2) is 3.56. The first-order chi connectivity index (χ1) is 4.83. The maximum absolute atomic E-state index is 11.5. The van der Waals surface area contributed by atoms with Gasteiger partial charge in [-0.3, -0.25) is 10.1 Å². The molecule has 0 saturated carbocycles. The summed E-state index contributed by atoms with van der Waals surface area (Å²) in [5, 5.41) is 1.92. The Bertz CT molecular complexity index is 145. The molecular weight excluding hydrogens is 161 g/mol. The minimum atomic E-state index is -4.30. The van der Waals surface area contributed by atoms with Crippen molar-refractivity contribution in [2.24, 2.45) is 5.73 Å². The molecule has 0 aromatic carbocycles. The van der Waals surface area contributed by atoms with Crippen LogP contribution in [0, 0.1) is 0 Å². The quantitative estimate of drug-likeness (QED) is 0.627. The molecule has 11 heavy (non-hydrogen) atoms. The second-order valence-electron chi connectivity index (χ2n) is 2.12. The van der Waals surface area contributed by atoms with Crippen molar-refractivity contribution in [2.75, 3.05) is 6.54 Å². The lowest BCUT2D eigenvalue weighted by Gasteiger charge is -2.11. The smallest absolute Gasteiger partial charge is 0.368 e. The van der Waals surface area contributed by atoms with E-state index >= 15 is 0 Å². The summed E-state index contributed by atoms with van der Waals surface area (Å²) in [5.74, 6) is -0.797. The Morgan fingerprint density at radius 1 is 1.64 bits per heavy atom. The summed E-state index contributed by atoms with van der Waals surface area (Å²) < 4.78 is 34.4. The molecule has 3 N–H and O–H groups in total. The molecule has 0 saturated heterocycles. The molecule has 6 heteroatoms. The summed E-state index contributed by atoms with van der Waals surface area (Å²) in [6.45, 7) is 0.0746. The number of amides is 1. The molecule has 0 unspecified atom stereocenters. The van der Waals surface area contributed by atoms with Crippen LogP contribution < -0.4 is 11.1 Å². The van der Waals surface area contributed by atoms with Gasteiger partial charge in [0.25, 0.3) is 0 Å². The zero-order chi connectivity index (χ0) is 9.07. The van der Waals surface area contributed by atoms with Gasteiger partial charge in [0.15, 0.2) is 0 Å². The molecule has 0 fully saturated rings. The number of hydrogen-bond donors (Lipinski definition) is 2. The molecule has 0 heterocycles. The number of halogens is 3. The molecule has 1 amide bonds. The van der Waals surface area contributed by atoms with Crippen LogP contribution in [0.2, 0.25) is 0 Å². The van der Waals surface area contributed by atoms with Crippen molar-refractivity contribution in [3.63, 3.8) is 0 Å². The lowest BCUT2D eigenvalue weighted by molar-refractivity contribution is -0.130. The number of carbonyl (C=O) groups is 1. The van der Waals surface area contributed by atoms with Crippen LogP contribution in [-0.2, 0) is 4.79 Å². The van der Waals surface area contributed by atoms with Gasteiger partial charge in [0.05, 0.1) is 12.6 Å². The summed E-state index contributed by atoms with van der Waals surface area (Å²) in [6, 6.07) is -0.948. The molecule has 0 aromatic heterocycles. The van der Waals surface area contributed by atoms with E-state index in [2.05, 4.69) is 0 Å².